The van der Waals surface area contributed by atoms with E-state index in [0.717, 1.165) is 15.6 Å². The number of aliphatic hydroxyl groups is 1. The summed E-state index contributed by atoms with van der Waals surface area (Å²) < 4.78 is 5.94. The third-order valence-electron chi connectivity index (χ3n) is 6.07. The van der Waals surface area contributed by atoms with Gasteiger partial charge >= 0.3 is 0 Å². The molecule has 0 saturated carbocycles. The fourth-order valence-corrected chi connectivity index (χ4v) is 4.48. The lowest BCUT2D eigenvalue weighted by Gasteiger charge is -2.23. The number of hydrogen-bond donors (Lipinski definition) is 1. The fraction of sp³-hybridized carbons (Fsp3) is 0.259. The van der Waals surface area contributed by atoms with Gasteiger partial charge < -0.3 is 14.4 Å². The second kappa shape index (κ2) is 9.12. The SMILES string of the molecule is Cc1ccc(C(C)C)cc1CN1C(=O)C(O)(CC(=O)C=Cc2ccco2)c2cc(Br)ccc21. The van der Waals surface area contributed by atoms with Crippen molar-refractivity contribution in [1.82, 2.24) is 0 Å². The van der Waals surface area contributed by atoms with Crippen molar-refractivity contribution in [2.75, 3.05) is 4.90 Å². The number of nitrogens with zero attached hydrogens (tertiary/aromatic N) is 1. The lowest BCUT2D eigenvalue weighted by atomic mass is 9.90. The Bertz CT molecular complexity index is 1230. The molecule has 0 bridgehead atoms. The molecule has 2 heterocycles. The molecule has 33 heavy (non-hydrogen) atoms. The van der Waals surface area contributed by atoms with Gasteiger partial charge in [-0.25, -0.2) is 0 Å². The number of benzene rings is 2. The van der Waals surface area contributed by atoms with Crippen molar-refractivity contribution in [1.29, 1.82) is 0 Å². The highest BCUT2D eigenvalue weighted by Crippen LogP contribution is 2.44. The summed E-state index contributed by atoms with van der Waals surface area (Å²) in [6.45, 7) is 6.59. The van der Waals surface area contributed by atoms with Crippen LogP contribution in [0.4, 0.5) is 5.69 Å². The van der Waals surface area contributed by atoms with Crippen LogP contribution >= 0.6 is 15.9 Å². The maximum absolute atomic E-state index is 13.6. The molecule has 1 unspecified atom stereocenters. The Morgan fingerprint density at radius 1 is 1.21 bits per heavy atom. The van der Waals surface area contributed by atoms with Crippen LogP contribution in [0, 0.1) is 6.92 Å². The lowest BCUT2D eigenvalue weighted by Crippen LogP contribution is -2.41. The Hall–Kier alpha value is -2.96. The van der Waals surface area contributed by atoms with E-state index in [4.69, 9.17) is 4.42 Å². The van der Waals surface area contributed by atoms with E-state index in [9.17, 15) is 14.7 Å². The van der Waals surface area contributed by atoms with Crippen molar-refractivity contribution in [3.8, 4) is 0 Å². The number of carbonyl (C=O) groups excluding carboxylic acids is 2. The number of rotatable bonds is 7. The average Bonchev–Trinajstić information content (AvgIpc) is 3.36. The molecule has 170 valence electrons. The number of anilines is 1. The first-order valence-corrected chi connectivity index (χ1v) is 11.7. The molecule has 6 heteroatoms. The molecule has 1 N–H and O–H groups in total. The number of aryl methyl sites for hydroxylation is 1. The molecule has 0 fully saturated rings. The molecule has 4 rings (SSSR count). The summed E-state index contributed by atoms with van der Waals surface area (Å²) in [5, 5.41) is 11.5. The van der Waals surface area contributed by atoms with Gasteiger partial charge in [-0.2, -0.15) is 0 Å². The summed E-state index contributed by atoms with van der Waals surface area (Å²) in [5.41, 5.74) is 2.37. The van der Waals surface area contributed by atoms with Crippen LogP contribution in [0.2, 0.25) is 0 Å². The standard InChI is InChI=1S/C27H26BrNO4/c1-17(2)19-7-6-18(3)20(13-19)16-29-25-11-8-21(28)14-24(25)27(32,26(29)31)15-22(30)9-10-23-5-4-12-33-23/h4-14,17,32H,15-16H2,1-3H3. The molecule has 5 nitrogen and oxygen atoms in total. The number of furan rings is 1. The van der Waals surface area contributed by atoms with Gasteiger partial charge in [0.1, 0.15) is 5.76 Å². The summed E-state index contributed by atoms with van der Waals surface area (Å²) in [6, 6.07) is 15.1. The number of allylic oxidation sites excluding steroid dienone is 1. The molecule has 0 spiro atoms. The highest BCUT2D eigenvalue weighted by Gasteiger charge is 2.50. The zero-order valence-electron chi connectivity index (χ0n) is 18.8. The Labute approximate surface area is 201 Å². The third kappa shape index (κ3) is 4.59. The molecule has 0 aliphatic carbocycles. The minimum absolute atomic E-state index is 0.318. The smallest absolute Gasteiger partial charge is 0.264 e. The van der Waals surface area contributed by atoms with E-state index in [-0.39, 0.29) is 12.2 Å². The van der Waals surface area contributed by atoms with Gasteiger partial charge in [-0.1, -0.05) is 48.0 Å². The number of hydrogen-bond acceptors (Lipinski definition) is 4. The number of amides is 1. The fourth-order valence-electron chi connectivity index (χ4n) is 4.11. The Morgan fingerprint density at radius 3 is 2.70 bits per heavy atom. The summed E-state index contributed by atoms with van der Waals surface area (Å²) in [6.07, 6.45) is 4.03. The normalized spacial score (nSPS) is 17.9. The highest BCUT2D eigenvalue weighted by molar-refractivity contribution is 9.10. The summed E-state index contributed by atoms with van der Waals surface area (Å²) in [5.74, 6) is 0.0217. The molecule has 0 radical (unpaired) electrons. The van der Waals surface area contributed by atoms with E-state index in [1.807, 2.05) is 13.0 Å². The summed E-state index contributed by atoms with van der Waals surface area (Å²) >= 11 is 3.43. The minimum atomic E-state index is -1.94. The van der Waals surface area contributed by atoms with Crippen molar-refractivity contribution in [3.63, 3.8) is 0 Å². The van der Waals surface area contributed by atoms with Gasteiger partial charge in [-0.3, -0.25) is 9.59 Å². The molecule has 2 aromatic carbocycles. The van der Waals surface area contributed by atoms with Crippen LogP contribution in [0.1, 0.15) is 54.2 Å². The minimum Gasteiger partial charge on any atom is -0.465 e. The van der Waals surface area contributed by atoms with Crippen molar-refractivity contribution >= 4 is 39.4 Å². The van der Waals surface area contributed by atoms with Crippen molar-refractivity contribution in [2.24, 2.45) is 0 Å². The van der Waals surface area contributed by atoms with Gasteiger partial charge in [-0.05, 0) is 72.0 Å². The molecular weight excluding hydrogens is 482 g/mol. The number of fused-ring (bicyclic) bond motifs is 1. The maximum atomic E-state index is 13.6. The predicted octanol–water partition coefficient (Wildman–Crippen LogP) is 5.88. The van der Waals surface area contributed by atoms with Crippen molar-refractivity contribution in [3.05, 3.63) is 93.4 Å². The predicted molar refractivity (Wildman–Crippen MR) is 132 cm³/mol. The van der Waals surface area contributed by atoms with E-state index in [1.54, 1.807) is 29.2 Å². The van der Waals surface area contributed by atoms with Crippen LogP contribution in [0.3, 0.4) is 0 Å². The van der Waals surface area contributed by atoms with E-state index in [0.29, 0.717) is 29.5 Å². The molecule has 1 aliphatic rings. The first-order chi connectivity index (χ1) is 15.7. The first kappa shape index (κ1) is 23.2. The average molecular weight is 508 g/mol. The summed E-state index contributed by atoms with van der Waals surface area (Å²) in [7, 11) is 0. The molecule has 1 atom stereocenters. The Balaban J connectivity index is 1.67. The second-order valence-corrected chi connectivity index (χ2v) is 9.66. The van der Waals surface area contributed by atoms with Gasteiger partial charge in [0.05, 0.1) is 24.9 Å². The van der Waals surface area contributed by atoms with Gasteiger partial charge in [0.2, 0.25) is 0 Å². The van der Waals surface area contributed by atoms with Crippen molar-refractivity contribution in [2.45, 2.75) is 45.3 Å². The molecular formula is C27H26BrNO4. The highest BCUT2D eigenvalue weighted by atomic mass is 79.9. The van der Waals surface area contributed by atoms with Crippen LogP contribution in [0.25, 0.3) is 6.08 Å². The second-order valence-electron chi connectivity index (χ2n) is 8.75. The van der Waals surface area contributed by atoms with E-state index in [1.165, 1.54) is 24.0 Å². The quantitative estimate of drug-likeness (QED) is 0.405. The number of halogens is 1. The molecule has 3 aromatic rings. The lowest BCUT2D eigenvalue weighted by molar-refractivity contribution is -0.140. The monoisotopic (exact) mass is 507 g/mol. The molecule has 1 amide bonds. The Morgan fingerprint density at radius 2 is 2.00 bits per heavy atom. The van der Waals surface area contributed by atoms with Gasteiger partial charge in [0.25, 0.3) is 5.91 Å². The van der Waals surface area contributed by atoms with E-state index < -0.39 is 11.5 Å². The molecule has 1 aromatic heterocycles. The van der Waals surface area contributed by atoms with E-state index >= 15 is 0 Å². The molecule has 1 aliphatic heterocycles. The van der Waals surface area contributed by atoms with Gasteiger partial charge in [0, 0.05) is 10.0 Å². The third-order valence-corrected chi connectivity index (χ3v) is 6.56. The Kier molecular flexibility index (Phi) is 6.41. The summed E-state index contributed by atoms with van der Waals surface area (Å²) in [4.78, 5) is 27.9. The van der Waals surface area contributed by atoms with Crippen LogP contribution < -0.4 is 4.90 Å². The van der Waals surface area contributed by atoms with Crippen LogP contribution in [0.15, 0.2) is 69.8 Å². The van der Waals surface area contributed by atoms with Crippen molar-refractivity contribution < 1.29 is 19.1 Å². The molecule has 0 saturated heterocycles. The number of ketones is 1. The first-order valence-electron chi connectivity index (χ1n) is 10.9. The van der Waals surface area contributed by atoms with Crippen LogP contribution in [-0.4, -0.2) is 16.8 Å². The number of carbonyl (C=O) groups is 2. The van der Waals surface area contributed by atoms with E-state index in [2.05, 4.69) is 48.0 Å². The zero-order chi connectivity index (χ0) is 23.8. The van der Waals surface area contributed by atoms with Gasteiger partial charge in [-0.15, -0.1) is 0 Å². The van der Waals surface area contributed by atoms with Crippen LogP contribution in [0.5, 0.6) is 0 Å². The largest absolute Gasteiger partial charge is 0.465 e. The topological polar surface area (TPSA) is 70.8 Å². The van der Waals surface area contributed by atoms with Crippen LogP contribution in [-0.2, 0) is 21.7 Å². The van der Waals surface area contributed by atoms with Gasteiger partial charge in [0.15, 0.2) is 11.4 Å². The zero-order valence-corrected chi connectivity index (χ0v) is 20.4. The maximum Gasteiger partial charge on any atom is 0.264 e.